The number of aromatic nitrogens is 2. The molecule has 1 aliphatic rings. The van der Waals surface area contributed by atoms with E-state index in [2.05, 4.69) is 33.0 Å². The van der Waals surface area contributed by atoms with Gasteiger partial charge in [-0.3, -0.25) is 14.1 Å². The Morgan fingerprint density at radius 1 is 1.35 bits per heavy atom. The number of likely N-dealkylation sites (tertiary alicyclic amines) is 1. The molecule has 0 radical (unpaired) electrons. The number of esters is 1. The molecule has 1 atom stereocenters. The van der Waals surface area contributed by atoms with Gasteiger partial charge in [-0.1, -0.05) is 30.3 Å². The molecule has 1 saturated heterocycles. The summed E-state index contributed by atoms with van der Waals surface area (Å²) in [5, 5.41) is 2.07. The molecule has 4 rings (SSSR count). The second kappa shape index (κ2) is 7.60. The molecule has 1 fully saturated rings. The van der Waals surface area contributed by atoms with Crippen LogP contribution in [0.1, 0.15) is 25.5 Å². The zero-order valence-corrected chi connectivity index (χ0v) is 15.7. The monoisotopic (exact) mass is 369 g/mol. The fraction of sp³-hybridized carbons (Fsp3) is 0.400. The van der Waals surface area contributed by atoms with Crippen molar-refractivity contribution in [3.63, 3.8) is 0 Å². The lowest BCUT2D eigenvalue weighted by Crippen LogP contribution is -2.39. The predicted octanol–water partition coefficient (Wildman–Crippen LogP) is 3.84. The van der Waals surface area contributed by atoms with Crippen LogP contribution >= 0.6 is 11.3 Å². The highest BCUT2D eigenvalue weighted by Gasteiger charge is 2.28. The Hall–Kier alpha value is -2.18. The fourth-order valence-corrected chi connectivity index (χ4v) is 4.41. The van der Waals surface area contributed by atoms with Crippen LogP contribution in [-0.2, 0) is 16.1 Å². The molecule has 5 nitrogen and oxygen atoms in total. The highest BCUT2D eigenvalue weighted by atomic mass is 32.1. The summed E-state index contributed by atoms with van der Waals surface area (Å²) in [7, 11) is 0. The molecule has 0 saturated carbocycles. The minimum Gasteiger partial charge on any atom is -0.466 e. The largest absolute Gasteiger partial charge is 0.466 e. The molecule has 0 spiro atoms. The maximum Gasteiger partial charge on any atom is 0.310 e. The van der Waals surface area contributed by atoms with Crippen molar-refractivity contribution in [2.45, 2.75) is 26.3 Å². The third-order valence-electron chi connectivity index (χ3n) is 4.91. The number of fused-ring (bicyclic) bond motifs is 1. The second-order valence-electron chi connectivity index (χ2n) is 6.66. The van der Waals surface area contributed by atoms with Crippen LogP contribution in [0.5, 0.6) is 0 Å². The van der Waals surface area contributed by atoms with Crippen molar-refractivity contribution in [2.75, 3.05) is 19.7 Å². The van der Waals surface area contributed by atoms with Gasteiger partial charge in [-0.25, -0.2) is 4.98 Å². The van der Waals surface area contributed by atoms with Crippen LogP contribution in [0.4, 0.5) is 0 Å². The van der Waals surface area contributed by atoms with Crippen molar-refractivity contribution < 1.29 is 9.53 Å². The van der Waals surface area contributed by atoms with E-state index in [0.717, 1.165) is 48.7 Å². The van der Waals surface area contributed by atoms with Gasteiger partial charge in [-0.05, 0) is 26.3 Å². The Balaban J connectivity index is 1.60. The van der Waals surface area contributed by atoms with Crippen LogP contribution in [0.3, 0.4) is 0 Å². The topological polar surface area (TPSA) is 46.8 Å². The van der Waals surface area contributed by atoms with Gasteiger partial charge in [0, 0.05) is 30.2 Å². The molecule has 26 heavy (non-hydrogen) atoms. The molecule has 2 aromatic heterocycles. The molecule has 3 aromatic rings. The average molecular weight is 369 g/mol. The number of rotatable bonds is 5. The molecular weight excluding hydrogens is 346 g/mol. The first-order valence-electron chi connectivity index (χ1n) is 9.15. The minimum absolute atomic E-state index is 0.0187. The summed E-state index contributed by atoms with van der Waals surface area (Å²) in [6, 6.07) is 10.3. The Kier molecular flexibility index (Phi) is 5.04. The summed E-state index contributed by atoms with van der Waals surface area (Å²) < 4.78 is 7.42. The Morgan fingerprint density at radius 2 is 2.19 bits per heavy atom. The van der Waals surface area contributed by atoms with Gasteiger partial charge < -0.3 is 4.74 Å². The molecule has 136 valence electrons. The summed E-state index contributed by atoms with van der Waals surface area (Å²) >= 11 is 1.65. The van der Waals surface area contributed by atoms with Gasteiger partial charge in [-0.2, -0.15) is 0 Å². The number of hydrogen-bond donors (Lipinski definition) is 0. The number of imidazole rings is 1. The van der Waals surface area contributed by atoms with E-state index in [1.165, 1.54) is 5.69 Å². The van der Waals surface area contributed by atoms with Crippen LogP contribution in [0.25, 0.3) is 16.2 Å². The number of piperidine rings is 1. The zero-order valence-electron chi connectivity index (χ0n) is 14.9. The van der Waals surface area contributed by atoms with Crippen LogP contribution in [0.2, 0.25) is 0 Å². The average Bonchev–Trinajstić information content (AvgIpc) is 3.26. The number of carbonyl (C=O) groups excluding carboxylic acids is 1. The van der Waals surface area contributed by atoms with Crippen LogP contribution in [-0.4, -0.2) is 40.0 Å². The van der Waals surface area contributed by atoms with E-state index in [-0.39, 0.29) is 11.9 Å². The Morgan fingerprint density at radius 3 is 3.00 bits per heavy atom. The molecule has 0 aliphatic carbocycles. The summed E-state index contributed by atoms with van der Waals surface area (Å²) in [5.74, 6) is -0.0794. The van der Waals surface area contributed by atoms with E-state index < -0.39 is 0 Å². The molecule has 1 aliphatic heterocycles. The molecular formula is C20H23N3O2S. The van der Waals surface area contributed by atoms with Gasteiger partial charge in [0.2, 0.25) is 0 Å². The highest BCUT2D eigenvalue weighted by Crippen LogP contribution is 2.29. The Bertz CT molecular complexity index is 887. The standard InChI is InChI=1S/C20H23N3O2S/c1-2-25-19(24)16-9-6-10-22(13-16)14-17-18(15-7-4-3-5-8-15)21-20-23(17)11-12-26-20/h3-5,7-8,11-12,16H,2,6,9-10,13-14H2,1H3. The van der Waals surface area contributed by atoms with Crippen LogP contribution < -0.4 is 0 Å². The lowest BCUT2D eigenvalue weighted by atomic mass is 9.98. The summed E-state index contributed by atoms with van der Waals surface area (Å²) in [6.45, 7) is 4.86. The normalized spacial score (nSPS) is 18.3. The smallest absolute Gasteiger partial charge is 0.310 e. The van der Waals surface area contributed by atoms with Crippen molar-refractivity contribution in [3.8, 4) is 11.3 Å². The first kappa shape index (κ1) is 17.2. The summed E-state index contributed by atoms with van der Waals surface area (Å²) in [6.07, 6.45) is 4.03. The third-order valence-corrected chi connectivity index (χ3v) is 5.66. The Labute approximate surface area is 157 Å². The van der Waals surface area contributed by atoms with Crippen molar-refractivity contribution in [1.29, 1.82) is 0 Å². The lowest BCUT2D eigenvalue weighted by Gasteiger charge is -2.31. The highest BCUT2D eigenvalue weighted by molar-refractivity contribution is 7.15. The third kappa shape index (κ3) is 3.39. The van der Waals surface area contributed by atoms with Gasteiger partial charge >= 0.3 is 5.97 Å². The van der Waals surface area contributed by atoms with E-state index in [0.29, 0.717) is 6.61 Å². The first-order valence-corrected chi connectivity index (χ1v) is 10.0. The van der Waals surface area contributed by atoms with E-state index >= 15 is 0 Å². The number of thiazole rings is 1. The van der Waals surface area contributed by atoms with E-state index in [1.54, 1.807) is 11.3 Å². The number of nitrogens with zero attached hydrogens (tertiary/aromatic N) is 3. The number of carbonyl (C=O) groups is 1. The summed E-state index contributed by atoms with van der Waals surface area (Å²) in [5.41, 5.74) is 3.37. The van der Waals surface area contributed by atoms with Crippen molar-refractivity contribution in [1.82, 2.24) is 14.3 Å². The van der Waals surface area contributed by atoms with Crippen molar-refractivity contribution in [3.05, 3.63) is 47.6 Å². The zero-order chi connectivity index (χ0) is 17.9. The lowest BCUT2D eigenvalue weighted by molar-refractivity contribution is -0.150. The predicted molar refractivity (Wildman–Crippen MR) is 103 cm³/mol. The van der Waals surface area contributed by atoms with E-state index in [4.69, 9.17) is 9.72 Å². The van der Waals surface area contributed by atoms with E-state index in [9.17, 15) is 4.79 Å². The molecule has 1 unspecified atom stereocenters. The second-order valence-corrected chi connectivity index (χ2v) is 7.53. The SMILES string of the molecule is CCOC(=O)C1CCCN(Cc2c(-c3ccccc3)nc3sccn23)C1. The molecule has 6 heteroatoms. The number of benzene rings is 1. The molecule has 0 bridgehead atoms. The van der Waals surface area contributed by atoms with Gasteiger partial charge in [-0.15, -0.1) is 11.3 Å². The van der Waals surface area contributed by atoms with E-state index in [1.807, 2.05) is 25.1 Å². The molecule has 0 N–H and O–H groups in total. The fourth-order valence-electron chi connectivity index (χ4n) is 3.67. The van der Waals surface area contributed by atoms with Crippen LogP contribution in [0, 0.1) is 5.92 Å². The minimum atomic E-state index is -0.0607. The quantitative estimate of drug-likeness (QED) is 0.641. The van der Waals surface area contributed by atoms with Crippen molar-refractivity contribution >= 4 is 22.3 Å². The van der Waals surface area contributed by atoms with Gasteiger partial charge in [0.25, 0.3) is 0 Å². The number of hydrogen-bond acceptors (Lipinski definition) is 5. The number of ether oxygens (including phenoxy) is 1. The molecule has 0 amide bonds. The van der Waals surface area contributed by atoms with Crippen LogP contribution in [0.15, 0.2) is 41.9 Å². The molecule has 3 heterocycles. The van der Waals surface area contributed by atoms with Crippen molar-refractivity contribution in [2.24, 2.45) is 5.92 Å². The van der Waals surface area contributed by atoms with Gasteiger partial charge in [0.1, 0.15) is 0 Å². The maximum absolute atomic E-state index is 12.1. The molecule has 1 aromatic carbocycles. The van der Waals surface area contributed by atoms with Gasteiger partial charge in [0.05, 0.1) is 23.9 Å². The summed E-state index contributed by atoms with van der Waals surface area (Å²) in [4.78, 5) is 20.4. The van der Waals surface area contributed by atoms with Gasteiger partial charge in [0.15, 0.2) is 4.96 Å². The maximum atomic E-state index is 12.1. The first-order chi connectivity index (χ1) is 12.8.